The van der Waals surface area contributed by atoms with Gasteiger partial charge in [-0.3, -0.25) is 4.79 Å². The molecule has 1 fully saturated rings. The summed E-state index contributed by atoms with van der Waals surface area (Å²) in [6.45, 7) is 3.19. The van der Waals surface area contributed by atoms with Crippen LogP contribution in [0.4, 0.5) is 4.39 Å². The van der Waals surface area contributed by atoms with Gasteiger partial charge in [0.25, 0.3) is 0 Å². The molecule has 2 N–H and O–H groups in total. The number of halogens is 2. The minimum Gasteiger partial charge on any atom is -0.375 e. The van der Waals surface area contributed by atoms with E-state index < -0.39 is 0 Å². The summed E-state index contributed by atoms with van der Waals surface area (Å²) in [5, 5.41) is 6.22. The molecule has 1 amide bonds. The molecule has 0 aliphatic carbocycles. The summed E-state index contributed by atoms with van der Waals surface area (Å²) in [7, 11) is 0. The maximum Gasteiger partial charge on any atom is 0.240 e. The zero-order valence-corrected chi connectivity index (χ0v) is 13.9. The van der Waals surface area contributed by atoms with E-state index in [1.54, 1.807) is 6.07 Å². The molecule has 22 heavy (non-hydrogen) atoms. The molecule has 1 unspecified atom stereocenters. The van der Waals surface area contributed by atoms with E-state index in [0.717, 1.165) is 17.7 Å². The van der Waals surface area contributed by atoms with Gasteiger partial charge in [-0.1, -0.05) is 12.1 Å². The molecule has 3 rings (SSSR count). The van der Waals surface area contributed by atoms with Gasteiger partial charge in [0.2, 0.25) is 5.91 Å². The van der Waals surface area contributed by atoms with Gasteiger partial charge in [0.1, 0.15) is 11.9 Å². The third-order valence-electron chi connectivity index (χ3n) is 3.94. The fourth-order valence-corrected chi connectivity index (χ4v) is 3.97. The predicted molar refractivity (Wildman–Crippen MR) is 87.1 cm³/mol. The monoisotopic (exact) mass is 346 g/mol. The third kappa shape index (κ3) is 3.56. The lowest BCUT2D eigenvalue weighted by atomic mass is 10.0. The van der Waals surface area contributed by atoms with E-state index in [2.05, 4.69) is 10.6 Å². The summed E-state index contributed by atoms with van der Waals surface area (Å²) in [4.78, 5) is 13.1. The van der Waals surface area contributed by atoms with Gasteiger partial charge in [-0.2, -0.15) is 0 Å². The van der Waals surface area contributed by atoms with E-state index in [1.165, 1.54) is 17.8 Å². The highest BCUT2D eigenvalue weighted by molar-refractivity contribution is 7.99. The van der Waals surface area contributed by atoms with Gasteiger partial charge < -0.3 is 15.4 Å². The van der Waals surface area contributed by atoms with Crippen molar-refractivity contribution in [3.05, 3.63) is 29.6 Å². The molecule has 0 aromatic heterocycles. The van der Waals surface area contributed by atoms with Crippen LogP contribution in [0.3, 0.4) is 0 Å². The van der Waals surface area contributed by atoms with Gasteiger partial charge in [0.15, 0.2) is 0 Å². The van der Waals surface area contributed by atoms with Crippen molar-refractivity contribution in [2.24, 2.45) is 0 Å². The number of thioether (sulfide) groups is 1. The average molecular weight is 347 g/mol. The molecule has 0 spiro atoms. The van der Waals surface area contributed by atoms with Gasteiger partial charge in [0.05, 0.1) is 18.8 Å². The van der Waals surface area contributed by atoms with Crippen LogP contribution in [0.15, 0.2) is 23.1 Å². The van der Waals surface area contributed by atoms with Crippen LogP contribution in [0.2, 0.25) is 0 Å². The van der Waals surface area contributed by atoms with Crippen LogP contribution in [0.5, 0.6) is 0 Å². The summed E-state index contributed by atoms with van der Waals surface area (Å²) in [5.41, 5.74) is 0.879. The first-order chi connectivity index (χ1) is 10.2. The van der Waals surface area contributed by atoms with Gasteiger partial charge >= 0.3 is 0 Å². The number of carbonyl (C=O) groups excluding carboxylic acids is 1. The van der Waals surface area contributed by atoms with Crippen molar-refractivity contribution in [2.75, 3.05) is 18.9 Å². The lowest BCUT2D eigenvalue weighted by molar-refractivity contribution is -0.129. The van der Waals surface area contributed by atoms with Gasteiger partial charge in [-0.15, -0.1) is 24.2 Å². The fourth-order valence-electron chi connectivity index (χ4n) is 2.83. The van der Waals surface area contributed by atoms with Crippen LogP contribution in [0.25, 0.3) is 0 Å². The molecular weight excluding hydrogens is 327 g/mol. The molecule has 4 nitrogen and oxygen atoms in total. The smallest absolute Gasteiger partial charge is 0.240 e. The number of morpholine rings is 1. The number of ether oxygens (including phenoxy) is 1. The summed E-state index contributed by atoms with van der Waals surface area (Å²) in [6, 6.07) is 4.59. The Morgan fingerprint density at radius 1 is 1.50 bits per heavy atom. The maximum absolute atomic E-state index is 13.8. The predicted octanol–water partition coefficient (Wildman–Crippen LogP) is 2.28. The summed E-state index contributed by atoms with van der Waals surface area (Å²) >= 11 is 1.52. The number of hydrogen-bond donors (Lipinski definition) is 2. The van der Waals surface area contributed by atoms with E-state index in [9.17, 15) is 9.18 Å². The second-order valence-electron chi connectivity index (χ2n) is 5.36. The van der Waals surface area contributed by atoms with E-state index >= 15 is 0 Å². The Morgan fingerprint density at radius 2 is 2.32 bits per heavy atom. The van der Waals surface area contributed by atoms with Crippen molar-refractivity contribution in [2.45, 2.75) is 36.4 Å². The molecule has 3 atom stereocenters. The number of rotatable bonds is 2. The van der Waals surface area contributed by atoms with E-state index in [1.807, 2.05) is 13.0 Å². The molecule has 2 aliphatic heterocycles. The molecule has 7 heteroatoms. The number of amides is 1. The molecule has 0 bridgehead atoms. The van der Waals surface area contributed by atoms with E-state index in [4.69, 9.17) is 4.74 Å². The van der Waals surface area contributed by atoms with Crippen LogP contribution in [-0.2, 0) is 9.53 Å². The molecular formula is C15H20ClFN2O2S. The molecule has 1 aromatic carbocycles. The molecule has 2 heterocycles. The van der Waals surface area contributed by atoms with Crippen molar-refractivity contribution in [3.8, 4) is 0 Å². The minimum atomic E-state index is -0.342. The fraction of sp³-hybridized carbons (Fsp3) is 0.533. The first-order valence-corrected chi connectivity index (χ1v) is 8.22. The van der Waals surface area contributed by atoms with Gasteiger partial charge in [-0.05, 0) is 25.0 Å². The topological polar surface area (TPSA) is 50.4 Å². The highest BCUT2D eigenvalue weighted by atomic mass is 35.5. The lowest BCUT2D eigenvalue weighted by Crippen LogP contribution is -2.56. The van der Waals surface area contributed by atoms with Crippen molar-refractivity contribution < 1.29 is 13.9 Å². The van der Waals surface area contributed by atoms with Crippen LogP contribution in [0.1, 0.15) is 24.9 Å². The second-order valence-corrected chi connectivity index (χ2v) is 6.47. The lowest BCUT2D eigenvalue weighted by Gasteiger charge is -2.32. The number of nitrogens with one attached hydrogen (secondary N) is 2. The van der Waals surface area contributed by atoms with Crippen LogP contribution in [-0.4, -0.2) is 37.0 Å². The molecule has 1 aromatic rings. The van der Waals surface area contributed by atoms with E-state index in [-0.39, 0.29) is 42.3 Å². The first kappa shape index (κ1) is 17.5. The second kappa shape index (κ2) is 7.64. The molecule has 0 radical (unpaired) electrons. The zero-order chi connectivity index (χ0) is 14.8. The Kier molecular flexibility index (Phi) is 6.09. The summed E-state index contributed by atoms with van der Waals surface area (Å²) < 4.78 is 19.3. The van der Waals surface area contributed by atoms with Gasteiger partial charge in [0, 0.05) is 17.2 Å². The van der Waals surface area contributed by atoms with Crippen molar-refractivity contribution in [3.63, 3.8) is 0 Å². The van der Waals surface area contributed by atoms with Crippen molar-refractivity contribution >= 4 is 30.1 Å². The van der Waals surface area contributed by atoms with Crippen molar-refractivity contribution in [1.29, 1.82) is 0 Å². The van der Waals surface area contributed by atoms with E-state index in [0.29, 0.717) is 18.0 Å². The minimum absolute atomic E-state index is 0. The summed E-state index contributed by atoms with van der Waals surface area (Å²) in [6.07, 6.45) is 0.665. The first-order valence-electron chi connectivity index (χ1n) is 7.23. The maximum atomic E-state index is 13.8. The Hall–Kier alpha value is -0.820. The Balaban J connectivity index is 0.00000176. The Labute approximate surface area is 140 Å². The largest absolute Gasteiger partial charge is 0.375 e. The number of carbonyl (C=O) groups is 1. The Morgan fingerprint density at radius 3 is 3.09 bits per heavy atom. The van der Waals surface area contributed by atoms with Gasteiger partial charge in [-0.25, -0.2) is 4.39 Å². The summed E-state index contributed by atoms with van der Waals surface area (Å²) in [5.74, 6) is 0.529. The number of benzene rings is 1. The molecule has 1 saturated heterocycles. The average Bonchev–Trinajstić information content (AvgIpc) is 2.49. The quantitative estimate of drug-likeness (QED) is 0.862. The third-order valence-corrected chi connectivity index (χ3v) is 5.10. The highest BCUT2D eigenvalue weighted by Crippen LogP contribution is 2.37. The van der Waals surface area contributed by atoms with Crippen LogP contribution in [0, 0.1) is 5.82 Å². The highest BCUT2D eigenvalue weighted by Gasteiger charge is 2.31. The molecule has 122 valence electrons. The van der Waals surface area contributed by atoms with Crippen LogP contribution >= 0.6 is 24.2 Å². The normalized spacial score (nSPS) is 27.5. The molecule has 2 aliphatic rings. The standard InChI is InChI=1S/C15H19FN2O2S.ClH/c1-9-13(17-6-7-20-9)15(19)18-12-5-8-21-14-10(12)3-2-4-11(14)16;/h2-4,9,12-13,17H,5-8H2,1H3,(H,18,19);1H/t9-,12?,13+;/m1./s1. The zero-order valence-electron chi connectivity index (χ0n) is 12.3. The number of hydrogen-bond acceptors (Lipinski definition) is 4. The van der Waals surface area contributed by atoms with Crippen molar-refractivity contribution in [1.82, 2.24) is 10.6 Å². The van der Waals surface area contributed by atoms with Crippen LogP contribution < -0.4 is 10.6 Å². The molecule has 0 saturated carbocycles. The number of fused-ring (bicyclic) bond motifs is 1. The Bertz CT molecular complexity index is 546. The SMILES string of the molecule is C[C@H]1OCCN[C@@H]1C(=O)NC1CCSc2c(F)cccc21.Cl.